The molecule has 7 nitrogen and oxygen atoms in total. The van der Waals surface area contributed by atoms with Gasteiger partial charge in [-0.3, -0.25) is 4.79 Å². The number of aryl methyl sites for hydroxylation is 1. The number of carbonyl (C=O) groups excluding carboxylic acids is 1. The van der Waals surface area contributed by atoms with Crippen LogP contribution in [0.25, 0.3) is 0 Å². The molecule has 2 aliphatic rings. The van der Waals surface area contributed by atoms with Gasteiger partial charge in [0.1, 0.15) is 11.6 Å². The zero-order chi connectivity index (χ0) is 24.8. The number of hydrogen-bond donors (Lipinski definition) is 1. The fourth-order valence-corrected chi connectivity index (χ4v) is 5.08. The fraction of sp³-hybridized carbons (Fsp3) is 0.593. The number of amides is 1. The number of rotatable bonds is 11. The lowest BCUT2D eigenvalue weighted by molar-refractivity contribution is -0.129. The monoisotopic (exact) mass is 484 g/mol. The Labute approximate surface area is 207 Å². The lowest BCUT2D eigenvalue weighted by Crippen LogP contribution is -2.35. The van der Waals surface area contributed by atoms with Crippen molar-refractivity contribution in [2.45, 2.75) is 45.4 Å². The number of nitrogens with zero attached hydrogens (tertiary/aromatic N) is 4. The van der Waals surface area contributed by atoms with Gasteiger partial charge in [0.05, 0.1) is 13.0 Å². The highest BCUT2D eigenvalue weighted by molar-refractivity contribution is 5.78. The minimum absolute atomic E-state index is 0.00660. The zero-order valence-electron chi connectivity index (χ0n) is 20.8. The molecule has 2 heterocycles. The third kappa shape index (κ3) is 6.90. The van der Waals surface area contributed by atoms with Crippen molar-refractivity contribution in [3.8, 4) is 5.75 Å². The molecular weight excluding hydrogens is 447 g/mol. The third-order valence-corrected chi connectivity index (χ3v) is 7.37. The molecule has 1 N–H and O–H groups in total. The van der Waals surface area contributed by atoms with E-state index < -0.39 is 5.82 Å². The van der Waals surface area contributed by atoms with Gasteiger partial charge >= 0.3 is 0 Å². The van der Waals surface area contributed by atoms with Crippen LogP contribution in [0.1, 0.15) is 43.2 Å². The van der Waals surface area contributed by atoms with Crippen LogP contribution in [0.5, 0.6) is 5.75 Å². The summed E-state index contributed by atoms with van der Waals surface area (Å²) in [5.41, 5.74) is 1.45. The highest BCUT2D eigenvalue weighted by Crippen LogP contribution is 2.49. The first-order chi connectivity index (χ1) is 16.9. The van der Waals surface area contributed by atoms with E-state index in [1.54, 1.807) is 19.2 Å². The molecule has 1 aromatic heterocycles. The summed E-state index contributed by atoms with van der Waals surface area (Å²) in [6.07, 6.45) is 8.89. The van der Waals surface area contributed by atoms with Gasteiger partial charge in [0.25, 0.3) is 0 Å². The van der Waals surface area contributed by atoms with Crippen molar-refractivity contribution in [2.24, 2.45) is 17.8 Å². The van der Waals surface area contributed by atoms with Crippen LogP contribution in [0.3, 0.4) is 0 Å². The van der Waals surface area contributed by atoms with E-state index in [9.17, 15) is 9.18 Å². The van der Waals surface area contributed by atoms with E-state index in [2.05, 4.69) is 14.9 Å². The molecule has 4 rings (SSSR count). The van der Waals surface area contributed by atoms with Gasteiger partial charge in [-0.25, -0.2) is 14.4 Å². The van der Waals surface area contributed by atoms with Crippen LogP contribution in [-0.2, 0) is 11.2 Å². The molecule has 1 amide bonds. The molecule has 1 saturated heterocycles. The smallest absolute Gasteiger partial charge is 0.226 e. The normalized spacial score (nSPS) is 20.1. The summed E-state index contributed by atoms with van der Waals surface area (Å²) in [5.74, 6) is 2.99. The average Bonchev–Trinajstić information content (AvgIpc) is 3.64. The highest BCUT2D eigenvalue weighted by Gasteiger charge is 2.43. The van der Waals surface area contributed by atoms with Crippen molar-refractivity contribution in [1.82, 2.24) is 14.9 Å². The molecule has 2 aromatic rings. The van der Waals surface area contributed by atoms with Gasteiger partial charge in [0, 0.05) is 51.7 Å². The van der Waals surface area contributed by atoms with Crippen molar-refractivity contribution in [1.29, 1.82) is 0 Å². The van der Waals surface area contributed by atoms with Gasteiger partial charge in [-0.15, -0.1) is 0 Å². The third-order valence-electron chi connectivity index (χ3n) is 7.37. The molecule has 190 valence electrons. The van der Waals surface area contributed by atoms with E-state index in [0.29, 0.717) is 36.8 Å². The number of aliphatic hydroxyl groups excluding tert-OH is 1. The quantitative estimate of drug-likeness (QED) is 0.525. The second-order valence-corrected chi connectivity index (χ2v) is 10.0. The first kappa shape index (κ1) is 25.4. The molecule has 0 radical (unpaired) electrons. The number of anilines is 1. The molecule has 2 atom stereocenters. The van der Waals surface area contributed by atoms with E-state index in [1.165, 1.54) is 30.2 Å². The number of benzene rings is 1. The van der Waals surface area contributed by atoms with Gasteiger partial charge in [-0.1, -0.05) is 6.07 Å². The van der Waals surface area contributed by atoms with Gasteiger partial charge in [0.2, 0.25) is 11.9 Å². The van der Waals surface area contributed by atoms with Crippen LogP contribution in [0.4, 0.5) is 10.3 Å². The first-order valence-electron chi connectivity index (χ1n) is 12.7. The summed E-state index contributed by atoms with van der Waals surface area (Å²) in [5, 5.41) is 8.89. The predicted molar refractivity (Wildman–Crippen MR) is 133 cm³/mol. The molecule has 0 unspecified atom stereocenters. The molecular formula is C27H37FN4O3. The SMILES string of the molecule is Cc1cnc(N2CCC([C@H]3C[C@H]3CCOc3ccc(CC(=O)N(C)CCCO)c(F)c3)CC2)nc1. The van der Waals surface area contributed by atoms with Crippen molar-refractivity contribution in [2.75, 3.05) is 44.8 Å². The van der Waals surface area contributed by atoms with Crippen LogP contribution in [0.15, 0.2) is 30.6 Å². The average molecular weight is 485 g/mol. The number of ether oxygens (including phenoxy) is 1. The Morgan fingerprint density at radius 2 is 2.00 bits per heavy atom. The van der Waals surface area contributed by atoms with Crippen LogP contribution in [0, 0.1) is 30.5 Å². The summed E-state index contributed by atoms with van der Waals surface area (Å²) in [6.45, 7) is 5.10. The van der Waals surface area contributed by atoms with Crippen LogP contribution in [0.2, 0.25) is 0 Å². The number of aliphatic hydroxyl groups is 1. The Hall–Kier alpha value is -2.74. The lowest BCUT2D eigenvalue weighted by Gasteiger charge is -2.32. The Kier molecular flexibility index (Phi) is 8.55. The van der Waals surface area contributed by atoms with Crippen molar-refractivity contribution in [3.63, 3.8) is 0 Å². The molecule has 0 spiro atoms. The number of likely N-dealkylation sites (N-methyl/N-ethyl adjacent to an activating group) is 1. The predicted octanol–water partition coefficient (Wildman–Crippen LogP) is 3.63. The van der Waals surface area contributed by atoms with Gasteiger partial charge < -0.3 is 19.6 Å². The van der Waals surface area contributed by atoms with E-state index in [0.717, 1.165) is 42.9 Å². The standard InChI is InChI=1S/C27H37FN4O3/c1-19-17-29-27(30-18-19)32-10-6-20(7-11-32)24-14-21(24)8-13-35-23-5-4-22(25(28)16-23)15-26(34)31(2)9-3-12-33/h4-5,16-18,20-21,24,33H,3,6-15H2,1-2H3/t21-,24-/m1/s1. The number of aromatic nitrogens is 2. The van der Waals surface area contributed by atoms with E-state index in [1.807, 2.05) is 19.3 Å². The summed E-state index contributed by atoms with van der Waals surface area (Å²) in [7, 11) is 1.67. The second-order valence-electron chi connectivity index (χ2n) is 10.0. The molecule has 1 saturated carbocycles. The maximum Gasteiger partial charge on any atom is 0.226 e. The maximum atomic E-state index is 14.5. The Bertz CT molecular complexity index is 979. The number of hydrogen-bond acceptors (Lipinski definition) is 6. The minimum Gasteiger partial charge on any atom is -0.493 e. The molecule has 1 aliphatic heterocycles. The molecule has 2 fully saturated rings. The number of carbonyl (C=O) groups is 1. The lowest BCUT2D eigenvalue weighted by atomic mass is 9.90. The maximum absolute atomic E-state index is 14.5. The molecule has 1 aromatic carbocycles. The van der Waals surface area contributed by atoms with Gasteiger partial charge in [0.15, 0.2) is 0 Å². The minimum atomic E-state index is -0.417. The van der Waals surface area contributed by atoms with E-state index in [-0.39, 0.29) is 18.9 Å². The number of halogens is 1. The second kappa shape index (κ2) is 11.8. The van der Waals surface area contributed by atoms with E-state index in [4.69, 9.17) is 9.84 Å². The Balaban J connectivity index is 1.16. The van der Waals surface area contributed by atoms with Crippen LogP contribution >= 0.6 is 0 Å². The summed E-state index contributed by atoms with van der Waals surface area (Å²) >= 11 is 0. The van der Waals surface area contributed by atoms with Crippen molar-refractivity contribution in [3.05, 3.63) is 47.5 Å². The van der Waals surface area contributed by atoms with Crippen LogP contribution < -0.4 is 9.64 Å². The molecule has 35 heavy (non-hydrogen) atoms. The van der Waals surface area contributed by atoms with Gasteiger partial charge in [-0.2, -0.15) is 0 Å². The molecule has 0 bridgehead atoms. The van der Waals surface area contributed by atoms with Crippen LogP contribution in [-0.4, -0.2) is 65.8 Å². The summed E-state index contributed by atoms with van der Waals surface area (Å²) < 4.78 is 20.3. The topological polar surface area (TPSA) is 78.8 Å². The summed E-state index contributed by atoms with van der Waals surface area (Å²) in [4.78, 5) is 24.9. The summed E-state index contributed by atoms with van der Waals surface area (Å²) in [6, 6.07) is 4.75. The Morgan fingerprint density at radius 3 is 2.69 bits per heavy atom. The zero-order valence-corrected chi connectivity index (χ0v) is 20.8. The van der Waals surface area contributed by atoms with E-state index >= 15 is 0 Å². The molecule has 1 aliphatic carbocycles. The van der Waals surface area contributed by atoms with Gasteiger partial charge in [-0.05, 0) is 74.0 Å². The molecule has 8 heteroatoms. The van der Waals surface area contributed by atoms with Crippen molar-refractivity contribution < 1.29 is 19.0 Å². The first-order valence-corrected chi connectivity index (χ1v) is 12.7. The number of piperidine rings is 1. The fourth-order valence-electron chi connectivity index (χ4n) is 5.08. The Morgan fingerprint density at radius 1 is 1.26 bits per heavy atom. The largest absolute Gasteiger partial charge is 0.493 e. The highest BCUT2D eigenvalue weighted by atomic mass is 19.1. The van der Waals surface area contributed by atoms with Crippen molar-refractivity contribution >= 4 is 11.9 Å².